The third-order valence-electron chi connectivity index (χ3n) is 3.65. The van der Waals surface area contributed by atoms with E-state index in [1.54, 1.807) is 29.1 Å². The van der Waals surface area contributed by atoms with E-state index in [2.05, 4.69) is 4.98 Å². The number of alkyl halides is 1. The van der Waals surface area contributed by atoms with Gasteiger partial charge in [-0.05, 0) is 35.4 Å². The summed E-state index contributed by atoms with van der Waals surface area (Å²) in [6, 6.07) is 9.07. The Bertz CT molecular complexity index is 936. The second-order valence-corrected chi connectivity index (χ2v) is 5.41. The fourth-order valence-corrected chi connectivity index (χ4v) is 2.72. The first kappa shape index (κ1) is 15.2. The van der Waals surface area contributed by atoms with Gasteiger partial charge in [0.15, 0.2) is 0 Å². The Hall–Kier alpha value is -2.66. The van der Waals surface area contributed by atoms with E-state index in [-0.39, 0.29) is 5.56 Å². The number of aryl methyl sites for hydroxylation is 1. The summed E-state index contributed by atoms with van der Waals surface area (Å²) in [6.45, 7) is 0.415. The van der Waals surface area contributed by atoms with Crippen LogP contribution in [0.4, 0.5) is 0 Å². The highest BCUT2D eigenvalue weighted by molar-refractivity contribution is 6.17. The van der Waals surface area contributed by atoms with Crippen LogP contribution in [0.5, 0.6) is 0 Å². The van der Waals surface area contributed by atoms with Crippen LogP contribution in [0.1, 0.15) is 10.4 Å². The molecule has 0 aliphatic heterocycles. The Morgan fingerprint density at radius 1 is 1.17 bits per heavy atom. The van der Waals surface area contributed by atoms with Crippen molar-refractivity contribution in [1.82, 2.24) is 9.55 Å². The SMILES string of the molecule is O=C(O)c1cn(CCCl)c2cc(-c3ccncc3)ccc2c1=O. The minimum Gasteiger partial charge on any atom is -0.477 e. The summed E-state index contributed by atoms with van der Waals surface area (Å²) in [4.78, 5) is 27.6. The molecule has 1 N–H and O–H groups in total. The predicted octanol–water partition coefficient (Wildman–Crippen LogP) is 3.00. The van der Waals surface area contributed by atoms with Gasteiger partial charge in [-0.15, -0.1) is 11.6 Å². The Morgan fingerprint density at radius 3 is 2.57 bits per heavy atom. The van der Waals surface area contributed by atoms with E-state index < -0.39 is 11.4 Å². The molecule has 1 aromatic carbocycles. The number of hydrogen-bond acceptors (Lipinski definition) is 3. The van der Waals surface area contributed by atoms with Gasteiger partial charge in [-0.25, -0.2) is 4.79 Å². The summed E-state index contributed by atoms with van der Waals surface area (Å²) in [5.74, 6) is -0.922. The van der Waals surface area contributed by atoms with Crippen LogP contribution >= 0.6 is 11.6 Å². The summed E-state index contributed by atoms with van der Waals surface area (Å²) in [5, 5.41) is 9.57. The molecule has 0 saturated heterocycles. The van der Waals surface area contributed by atoms with Crippen molar-refractivity contribution in [2.24, 2.45) is 0 Å². The minimum absolute atomic E-state index is 0.251. The number of nitrogens with zero attached hydrogens (tertiary/aromatic N) is 2. The molecule has 5 nitrogen and oxygen atoms in total. The van der Waals surface area contributed by atoms with Gasteiger partial charge in [-0.1, -0.05) is 6.07 Å². The van der Waals surface area contributed by atoms with E-state index in [1.807, 2.05) is 18.2 Å². The third-order valence-corrected chi connectivity index (χ3v) is 3.82. The first-order valence-corrected chi connectivity index (χ1v) is 7.52. The molecule has 0 bridgehead atoms. The molecule has 3 aromatic rings. The number of rotatable bonds is 4. The minimum atomic E-state index is -1.24. The van der Waals surface area contributed by atoms with E-state index in [4.69, 9.17) is 11.6 Å². The van der Waals surface area contributed by atoms with Crippen molar-refractivity contribution >= 4 is 28.5 Å². The van der Waals surface area contributed by atoms with Crippen molar-refractivity contribution in [3.8, 4) is 11.1 Å². The van der Waals surface area contributed by atoms with E-state index in [1.165, 1.54) is 6.20 Å². The number of carboxylic acids is 1. The van der Waals surface area contributed by atoms with Crippen LogP contribution in [-0.2, 0) is 6.54 Å². The predicted molar refractivity (Wildman–Crippen MR) is 89.1 cm³/mol. The Kier molecular flexibility index (Phi) is 4.12. The summed E-state index contributed by atoms with van der Waals surface area (Å²) in [5.41, 5.74) is 1.81. The molecule has 0 spiro atoms. The smallest absolute Gasteiger partial charge is 0.341 e. The number of benzene rings is 1. The van der Waals surface area contributed by atoms with E-state index >= 15 is 0 Å². The normalized spacial score (nSPS) is 10.8. The molecule has 0 aliphatic carbocycles. The lowest BCUT2D eigenvalue weighted by molar-refractivity contribution is 0.0695. The second-order valence-electron chi connectivity index (χ2n) is 5.03. The maximum Gasteiger partial charge on any atom is 0.341 e. The number of halogens is 1. The number of aromatic carboxylic acids is 1. The molecule has 0 aliphatic rings. The first-order valence-electron chi connectivity index (χ1n) is 6.98. The van der Waals surface area contributed by atoms with Crippen LogP contribution in [0.2, 0.25) is 0 Å². The van der Waals surface area contributed by atoms with Crippen LogP contribution in [0.15, 0.2) is 53.7 Å². The van der Waals surface area contributed by atoms with Gasteiger partial charge in [0.1, 0.15) is 5.56 Å². The zero-order chi connectivity index (χ0) is 16.4. The molecule has 0 unspecified atom stereocenters. The molecule has 116 valence electrons. The van der Waals surface area contributed by atoms with E-state index in [0.717, 1.165) is 11.1 Å². The Morgan fingerprint density at radius 2 is 1.91 bits per heavy atom. The van der Waals surface area contributed by atoms with Gasteiger partial charge in [0, 0.05) is 36.4 Å². The lowest BCUT2D eigenvalue weighted by Crippen LogP contribution is -2.19. The first-order chi connectivity index (χ1) is 11.1. The van der Waals surface area contributed by atoms with Crippen molar-refractivity contribution in [2.45, 2.75) is 6.54 Å². The van der Waals surface area contributed by atoms with Gasteiger partial charge in [-0.3, -0.25) is 9.78 Å². The average molecular weight is 329 g/mol. The average Bonchev–Trinajstić information content (AvgIpc) is 2.57. The fourth-order valence-electron chi connectivity index (χ4n) is 2.54. The number of hydrogen-bond donors (Lipinski definition) is 1. The number of fused-ring (bicyclic) bond motifs is 1. The standard InChI is InChI=1S/C17H13ClN2O3/c18-5-8-20-10-14(17(22)23)16(21)13-2-1-12(9-15(13)20)11-3-6-19-7-4-11/h1-4,6-7,9-10H,5,8H2,(H,22,23). The van der Waals surface area contributed by atoms with Crippen LogP contribution in [0.25, 0.3) is 22.0 Å². The lowest BCUT2D eigenvalue weighted by atomic mass is 10.0. The molecule has 0 radical (unpaired) electrons. The molecule has 2 aromatic heterocycles. The lowest BCUT2D eigenvalue weighted by Gasteiger charge is -2.12. The zero-order valence-electron chi connectivity index (χ0n) is 12.1. The molecule has 0 amide bonds. The van der Waals surface area contributed by atoms with Crippen LogP contribution in [0.3, 0.4) is 0 Å². The highest BCUT2D eigenvalue weighted by atomic mass is 35.5. The van der Waals surface area contributed by atoms with Crippen LogP contribution in [-0.4, -0.2) is 26.5 Å². The maximum atomic E-state index is 12.3. The number of carboxylic acid groups (broad SMARTS) is 1. The number of aromatic nitrogens is 2. The van der Waals surface area contributed by atoms with Gasteiger partial charge in [0.25, 0.3) is 0 Å². The Labute approximate surface area is 136 Å². The fraction of sp³-hybridized carbons (Fsp3) is 0.118. The molecule has 0 atom stereocenters. The maximum absolute atomic E-state index is 12.3. The molecular weight excluding hydrogens is 316 g/mol. The zero-order valence-corrected chi connectivity index (χ0v) is 12.8. The monoisotopic (exact) mass is 328 g/mol. The van der Waals surface area contributed by atoms with Gasteiger partial charge >= 0.3 is 5.97 Å². The van der Waals surface area contributed by atoms with E-state index in [0.29, 0.717) is 23.3 Å². The van der Waals surface area contributed by atoms with Gasteiger partial charge in [0.05, 0.1) is 5.52 Å². The number of pyridine rings is 2. The number of carbonyl (C=O) groups is 1. The van der Waals surface area contributed by atoms with Crippen molar-refractivity contribution in [3.05, 3.63) is 64.7 Å². The largest absolute Gasteiger partial charge is 0.477 e. The van der Waals surface area contributed by atoms with Crippen molar-refractivity contribution in [1.29, 1.82) is 0 Å². The van der Waals surface area contributed by atoms with Crippen LogP contribution < -0.4 is 5.43 Å². The molecule has 2 heterocycles. The van der Waals surface area contributed by atoms with E-state index in [9.17, 15) is 14.7 Å². The van der Waals surface area contributed by atoms with Crippen LogP contribution in [0, 0.1) is 0 Å². The molecular formula is C17H13ClN2O3. The quantitative estimate of drug-likeness (QED) is 0.747. The Balaban J connectivity index is 2.30. The summed E-state index contributed by atoms with van der Waals surface area (Å²) < 4.78 is 1.71. The molecule has 0 saturated carbocycles. The third kappa shape index (κ3) is 2.83. The second kappa shape index (κ2) is 6.22. The summed E-state index contributed by atoms with van der Waals surface area (Å²) in [7, 11) is 0. The van der Waals surface area contributed by atoms with Gasteiger partial charge < -0.3 is 9.67 Å². The highest BCUT2D eigenvalue weighted by Gasteiger charge is 2.15. The van der Waals surface area contributed by atoms with Gasteiger partial charge in [-0.2, -0.15) is 0 Å². The molecule has 6 heteroatoms. The molecule has 0 fully saturated rings. The van der Waals surface area contributed by atoms with Crippen molar-refractivity contribution in [3.63, 3.8) is 0 Å². The van der Waals surface area contributed by atoms with Crippen molar-refractivity contribution in [2.75, 3.05) is 5.88 Å². The summed E-state index contributed by atoms with van der Waals surface area (Å²) in [6.07, 6.45) is 4.74. The van der Waals surface area contributed by atoms with Gasteiger partial charge in [0.2, 0.25) is 5.43 Å². The molecule has 3 rings (SSSR count). The summed E-state index contributed by atoms with van der Waals surface area (Å²) >= 11 is 5.81. The topological polar surface area (TPSA) is 72.2 Å². The molecule has 23 heavy (non-hydrogen) atoms. The highest BCUT2D eigenvalue weighted by Crippen LogP contribution is 2.23. The van der Waals surface area contributed by atoms with Crippen molar-refractivity contribution < 1.29 is 9.90 Å².